The van der Waals surface area contributed by atoms with Gasteiger partial charge in [0.05, 0.1) is 0 Å². The summed E-state index contributed by atoms with van der Waals surface area (Å²) in [6, 6.07) is 0. The van der Waals surface area contributed by atoms with Crippen LogP contribution in [0.3, 0.4) is 0 Å². The van der Waals surface area contributed by atoms with Gasteiger partial charge in [-0.1, -0.05) is 5.16 Å². The van der Waals surface area contributed by atoms with E-state index in [0.29, 0.717) is 11.7 Å². The standard InChI is InChI=1S/C14H25N5OS/c1-11-17-12(20-18-11)6-5-7-16-13(15-4)19-8-9-21-14(2,3)10-19/h5-10H2,1-4H3,(H,15,16). The molecule has 21 heavy (non-hydrogen) atoms. The first-order valence-electron chi connectivity index (χ1n) is 7.39. The number of guanidine groups is 1. The van der Waals surface area contributed by atoms with Crippen LogP contribution < -0.4 is 5.32 Å². The van der Waals surface area contributed by atoms with Crippen LogP contribution >= 0.6 is 11.8 Å². The molecule has 0 saturated carbocycles. The van der Waals surface area contributed by atoms with Crippen molar-refractivity contribution in [1.82, 2.24) is 20.4 Å². The lowest BCUT2D eigenvalue weighted by molar-refractivity contribution is 0.367. The van der Waals surface area contributed by atoms with Crippen molar-refractivity contribution in [2.75, 3.05) is 32.4 Å². The average molecular weight is 311 g/mol. The summed E-state index contributed by atoms with van der Waals surface area (Å²) in [5, 5.41) is 7.23. The molecule has 6 nitrogen and oxygen atoms in total. The Morgan fingerprint density at radius 3 is 2.95 bits per heavy atom. The molecule has 1 saturated heterocycles. The van der Waals surface area contributed by atoms with Crippen LogP contribution in [0.1, 0.15) is 32.0 Å². The number of hydrogen-bond donors (Lipinski definition) is 1. The van der Waals surface area contributed by atoms with Crippen molar-refractivity contribution >= 4 is 17.7 Å². The van der Waals surface area contributed by atoms with Crippen molar-refractivity contribution in [3.8, 4) is 0 Å². The van der Waals surface area contributed by atoms with Gasteiger partial charge in [0.1, 0.15) is 0 Å². The number of thioether (sulfide) groups is 1. The summed E-state index contributed by atoms with van der Waals surface area (Å²) >= 11 is 2.03. The quantitative estimate of drug-likeness (QED) is 0.519. The number of hydrogen-bond acceptors (Lipinski definition) is 5. The minimum absolute atomic E-state index is 0.289. The molecule has 0 unspecified atom stereocenters. The van der Waals surface area contributed by atoms with E-state index in [-0.39, 0.29) is 4.75 Å². The molecule has 118 valence electrons. The molecular weight excluding hydrogens is 286 g/mol. The van der Waals surface area contributed by atoms with Gasteiger partial charge in [-0.3, -0.25) is 4.99 Å². The summed E-state index contributed by atoms with van der Waals surface area (Å²) < 4.78 is 5.40. The SMILES string of the molecule is CN=C(NCCCc1nc(C)no1)N1CCSC(C)(C)C1. The van der Waals surface area contributed by atoms with Crippen LogP contribution in [0.2, 0.25) is 0 Å². The minimum Gasteiger partial charge on any atom is -0.356 e. The van der Waals surface area contributed by atoms with E-state index in [1.807, 2.05) is 25.7 Å². The van der Waals surface area contributed by atoms with Crippen LogP contribution in [0.25, 0.3) is 0 Å². The third-order valence-corrected chi connectivity index (χ3v) is 4.65. The lowest BCUT2D eigenvalue weighted by atomic mass is 10.2. The molecule has 1 fully saturated rings. The Balaban J connectivity index is 1.75. The number of aryl methyl sites for hydroxylation is 2. The molecule has 1 aromatic rings. The van der Waals surface area contributed by atoms with Gasteiger partial charge in [-0.25, -0.2) is 0 Å². The van der Waals surface area contributed by atoms with Gasteiger partial charge in [0.25, 0.3) is 0 Å². The molecule has 7 heteroatoms. The molecule has 1 aromatic heterocycles. The third kappa shape index (κ3) is 4.91. The number of aliphatic imine (C=N–C) groups is 1. The predicted molar refractivity (Wildman–Crippen MR) is 86.8 cm³/mol. The Morgan fingerprint density at radius 1 is 1.52 bits per heavy atom. The summed E-state index contributed by atoms with van der Waals surface area (Å²) in [6.45, 7) is 9.35. The average Bonchev–Trinajstić information content (AvgIpc) is 2.83. The fraction of sp³-hybridized carbons (Fsp3) is 0.786. The highest BCUT2D eigenvalue weighted by Crippen LogP contribution is 2.29. The summed E-state index contributed by atoms with van der Waals surface area (Å²) in [6.07, 6.45) is 1.75. The van der Waals surface area contributed by atoms with Crippen molar-refractivity contribution in [3.63, 3.8) is 0 Å². The topological polar surface area (TPSA) is 66.5 Å². The van der Waals surface area contributed by atoms with Gasteiger partial charge in [0, 0.05) is 43.6 Å². The normalized spacial score (nSPS) is 18.9. The molecule has 0 atom stereocenters. The Hall–Kier alpha value is -1.24. The van der Waals surface area contributed by atoms with E-state index in [0.717, 1.165) is 44.2 Å². The smallest absolute Gasteiger partial charge is 0.226 e. The summed E-state index contributed by atoms with van der Waals surface area (Å²) in [4.78, 5) is 10.9. The molecule has 0 amide bonds. The van der Waals surface area contributed by atoms with Crippen LogP contribution in [0, 0.1) is 6.92 Å². The lowest BCUT2D eigenvalue weighted by Crippen LogP contribution is -2.51. The zero-order chi connectivity index (χ0) is 15.3. The summed E-state index contributed by atoms with van der Waals surface area (Å²) in [7, 11) is 1.85. The molecule has 0 bridgehead atoms. The van der Waals surface area contributed by atoms with E-state index in [1.165, 1.54) is 0 Å². The number of rotatable bonds is 4. The molecule has 2 rings (SSSR count). The molecule has 1 N–H and O–H groups in total. The van der Waals surface area contributed by atoms with Crippen molar-refractivity contribution < 1.29 is 4.52 Å². The van der Waals surface area contributed by atoms with Gasteiger partial charge < -0.3 is 14.7 Å². The van der Waals surface area contributed by atoms with Crippen LogP contribution in [-0.2, 0) is 6.42 Å². The highest BCUT2D eigenvalue weighted by Gasteiger charge is 2.28. The fourth-order valence-electron chi connectivity index (χ4n) is 2.41. The van der Waals surface area contributed by atoms with Crippen molar-refractivity contribution in [2.24, 2.45) is 4.99 Å². The molecule has 0 spiro atoms. The number of aromatic nitrogens is 2. The van der Waals surface area contributed by atoms with E-state index >= 15 is 0 Å². The van der Waals surface area contributed by atoms with Gasteiger partial charge in [-0.15, -0.1) is 0 Å². The first-order valence-corrected chi connectivity index (χ1v) is 8.37. The lowest BCUT2D eigenvalue weighted by Gasteiger charge is -2.39. The molecule has 2 heterocycles. The molecule has 0 aromatic carbocycles. The Morgan fingerprint density at radius 2 is 2.33 bits per heavy atom. The van der Waals surface area contributed by atoms with E-state index in [4.69, 9.17) is 4.52 Å². The zero-order valence-corrected chi connectivity index (χ0v) is 14.2. The van der Waals surface area contributed by atoms with Crippen LogP contribution in [0.15, 0.2) is 9.52 Å². The second-order valence-corrected chi connectivity index (χ2v) is 7.64. The molecule has 1 aliphatic rings. The highest BCUT2D eigenvalue weighted by molar-refractivity contribution is 8.00. The first kappa shape index (κ1) is 16.1. The van der Waals surface area contributed by atoms with E-state index in [2.05, 4.69) is 39.2 Å². The summed E-state index contributed by atoms with van der Waals surface area (Å²) in [5.74, 6) is 3.54. The van der Waals surface area contributed by atoms with Crippen LogP contribution in [-0.4, -0.2) is 58.2 Å². The maximum Gasteiger partial charge on any atom is 0.226 e. The van der Waals surface area contributed by atoms with Gasteiger partial charge in [0.2, 0.25) is 5.89 Å². The van der Waals surface area contributed by atoms with Gasteiger partial charge in [-0.2, -0.15) is 16.7 Å². The Bertz CT molecular complexity index is 485. The molecule has 0 aliphatic carbocycles. The molecule has 0 radical (unpaired) electrons. The van der Waals surface area contributed by atoms with Crippen molar-refractivity contribution in [2.45, 2.75) is 38.4 Å². The molecule has 1 aliphatic heterocycles. The maximum atomic E-state index is 5.11. The van der Waals surface area contributed by atoms with Crippen LogP contribution in [0.5, 0.6) is 0 Å². The largest absolute Gasteiger partial charge is 0.356 e. The second kappa shape index (κ2) is 7.15. The monoisotopic (exact) mass is 311 g/mol. The zero-order valence-electron chi connectivity index (χ0n) is 13.3. The van der Waals surface area contributed by atoms with E-state index in [1.54, 1.807) is 0 Å². The minimum atomic E-state index is 0.289. The Kier molecular flexibility index (Phi) is 5.50. The number of nitrogens with zero attached hydrogens (tertiary/aromatic N) is 4. The second-order valence-electron chi connectivity index (χ2n) is 5.84. The number of nitrogens with one attached hydrogen (secondary N) is 1. The van der Waals surface area contributed by atoms with Gasteiger partial charge >= 0.3 is 0 Å². The fourth-order valence-corrected chi connectivity index (χ4v) is 3.52. The highest BCUT2D eigenvalue weighted by atomic mass is 32.2. The van der Waals surface area contributed by atoms with Crippen molar-refractivity contribution in [1.29, 1.82) is 0 Å². The van der Waals surface area contributed by atoms with Crippen LogP contribution in [0.4, 0.5) is 0 Å². The molecular formula is C14H25N5OS. The third-order valence-electron chi connectivity index (χ3n) is 3.36. The first-order chi connectivity index (χ1) is 10.00. The Labute approximate surface area is 130 Å². The van der Waals surface area contributed by atoms with E-state index < -0.39 is 0 Å². The maximum absolute atomic E-state index is 5.11. The summed E-state index contributed by atoms with van der Waals surface area (Å²) in [5.41, 5.74) is 0. The predicted octanol–water partition coefficient (Wildman–Crippen LogP) is 1.71. The van der Waals surface area contributed by atoms with Gasteiger partial charge in [0.15, 0.2) is 11.8 Å². The van der Waals surface area contributed by atoms with Gasteiger partial charge in [-0.05, 0) is 27.2 Å². The van der Waals surface area contributed by atoms with Crippen molar-refractivity contribution in [3.05, 3.63) is 11.7 Å². The van der Waals surface area contributed by atoms with E-state index in [9.17, 15) is 0 Å².